The number of nitrogens with two attached hydrogens (primary N) is 1. The summed E-state index contributed by atoms with van der Waals surface area (Å²) in [6.07, 6.45) is 1.59. The lowest BCUT2D eigenvalue weighted by molar-refractivity contribution is 0.201. The molecule has 0 aliphatic heterocycles. The quantitative estimate of drug-likeness (QED) is 0.733. The van der Waals surface area contributed by atoms with Gasteiger partial charge >= 0.3 is 0 Å². The standard InChI is InChI=1S/C12H14N4O2/c13-11-5-6-14-12(16-11)15-9-1-3-10(4-2-9)18-8-7-17/h1-6,17H,7-8H2,(H3,13,14,15,16). The first-order chi connectivity index (χ1) is 8.78. The summed E-state index contributed by atoms with van der Waals surface area (Å²) in [5.74, 6) is 1.55. The van der Waals surface area contributed by atoms with E-state index in [-0.39, 0.29) is 13.2 Å². The molecule has 0 fully saturated rings. The number of anilines is 3. The highest BCUT2D eigenvalue weighted by Gasteiger charge is 1.99. The van der Waals surface area contributed by atoms with Crippen LogP contribution in [0, 0.1) is 0 Å². The fraction of sp³-hybridized carbons (Fsp3) is 0.167. The number of aromatic nitrogens is 2. The van der Waals surface area contributed by atoms with Gasteiger partial charge in [-0.1, -0.05) is 0 Å². The van der Waals surface area contributed by atoms with Crippen LogP contribution < -0.4 is 15.8 Å². The van der Waals surface area contributed by atoms with Crippen molar-refractivity contribution in [3.8, 4) is 5.75 Å². The van der Waals surface area contributed by atoms with Gasteiger partial charge in [-0.25, -0.2) is 4.98 Å². The number of rotatable bonds is 5. The van der Waals surface area contributed by atoms with Gasteiger partial charge in [0.05, 0.1) is 6.61 Å². The number of ether oxygens (including phenoxy) is 1. The molecule has 0 saturated carbocycles. The minimum atomic E-state index is -0.00284. The van der Waals surface area contributed by atoms with Crippen molar-refractivity contribution in [2.24, 2.45) is 0 Å². The zero-order chi connectivity index (χ0) is 12.8. The van der Waals surface area contributed by atoms with E-state index in [0.717, 1.165) is 5.69 Å². The molecule has 0 aliphatic rings. The summed E-state index contributed by atoms with van der Waals surface area (Å²) in [5.41, 5.74) is 6.39. The molecule has 6 heteroatoms. The molecule has 2 rings (SSSR count). The molecule has 0 bridgehead atoms. The number of nitrogen functional groups attached to an aromatic ring is 1. The van der Waals surface area contributed by atoms with Crippen molar-refractivity contribution in [1.29, 1.82) is 0 Å². The first-order valence-electron chi connectivity index (χ1n) is 5.47. The molecule has 0 unspecified atom stereocenters. The second kappa shape index (κ2) is 5.83. The topological polar surface area (TPSA) is 93.3 Å². The molecule has 2 aromatic rings. The van der Waals surface area contributed by atoms with Crippen LogP contribution in [0.15, 0.2) is 36.5 Å². The van der Waals surface area contributed by atoms with Crippen LogP contribution in [-0.2, 0) is 0 Å². The number of hydrogen-bond donors (Lipinski definition) is 3. The third-order valence-corrected chi connectivity index (χ3v) is 2.15. The Morgan fingerprint density at radius 3 is 2.67 bits per heavy atom. The van der Waals surface area contributed by atoms with E-state index < -0.39 is 0 Å². The van der Waals surface area contributed by atoms with E-state index in [0.29, 0.717) is 17.5 Å². The Kier molecular flexibility index (Phi) is 3.93. The van der Waals surface area contributed by atoms with Crippen LogP contribution in [-0.4, -0.2) is 28.3 Å². The van der Waals surface area contributed by atoms with E-state index in [4.69, 9.17) is 15.6 Å². The Morgan fingerprint density at radius 1 is 1.22 bits per heavy atom. The van der Waals surface area contributed by atoms with E-state index in [1.165, 1.54) is 0 Å². The monoisotopic (exact) mass is 246 g/mol. The third kappa shape index (κ3) is 3.33. The average molecular weight is 246 g/mol. The zero-order valence-corrected chi connectivity index (χ0v) is 9.71. The second-order valence-electron chi connectivity index (χ2n) is 3.53. The molecule has 0 spiro atoms. The summed E-state index contributed by atoms with van der Waals surface area (Å²) < 4.78 is 5.25. The van der Waals surface area contributed by atoms with E-state index in [1.807, 2.05) is 12.1 Å². The van der Waals surface area contributed by atoms with E-state index in [9.17, 15) is 0 Å². The summed E-state index contributed by atoms with van der Waals surface area (Å²) in [6.45, 7) is 0.280. The number of aliphatic hydroxyl groups is 1. The molecule has 0 saturated heterocycles. The molecule has 18 heavy (non-hydrogen) atoms. The summed E-state index contributed by atoms with van der Waals surface area (Å²) in [5, 5.41) is 11.7. The molecular formula is C12H14N4O2. The van der Waals surface area contributed by atoms with E-state index in [1.54, 1.807) is 24.4 Å². The van der Waals surface area contributed by atoms with Crippen LogP contribution >= 0.6 is 0 Å². The van der Waals surface area contributed by atoms with Crippen LogP contribution in [0.4, 0.5) is 17.5 Å². The van der Waals surface area contributed by atoms with Crippen LogP contribution in [0.2, 0.25) is 0 Å². The first kappa shape index (κ1) is 12.1. The van der Waals surface area contributed by atoms with E-state index in [2.05, 4.69) is 15.3 Å². The van der Waals surface area contributed by atoms with Crippen molar-refractivity contribution in [3.05, 3.63) is 36.5 Å². The van der Waals surface area contributed by atoms with Gasteiger partial charge in [-0.15, -0.1) is 0 Å². The molecule has 94 valence electrons. The van der Waals surface area contributed by atoms with Crippen molar-refractivity contribution < 1.29 is 9.84 Å². The van der Waals surface area contributed by atoms with Gasteiger partial charge in [0.2, 0.25) is 5.95 Å². The number of nitrogens with one attached hydrogen (secondary N) is 1. The van der Waals surface area contributed by atoms with Crippen molar-refractivity contribution >= 4 is 17.5 Å². The highest BCUT2D eigenvalue weighted by Crippen LogP contribution is 2.18. The van der Waals surface area contributed by atoms with Crippen molar-refractivity contribution in [2.45, 2.75) is 0 Å². The van der Waals surface area contributed by atoms with Crippen LogP contribution in [0.1, 0.15) is 0 Å². The molecule has 4 N–H and O–H groups in total. The lowest BCUT2D eigenvalue weighted by Crippen LogP contribution is -2.02. The maximum absolute atomic E-state index is 8.64. The average Bonchev–Trinajstić information content (AvgIpc) is 2.38. The molecule has 0 aliphatic carbocycles. The van der Waals surface area contributed by atoms with Gasteiger partial charge < -0.3 is 20.9 Å². The maximum atomic E-state index is 8.64. The lowest BCUT2D eigenvalue weighted by Gasteiger charge is -2.07. The molecule has 1 heterocycles. The third-order valence-electron chi connectivity index (χ3n) is 2.15. The maximum Gasteiger partial charge on any atom is 0.229 e. The first-order valence-corrected chi connectivity index (χ1v) is 5.47. The van der Waals surface area contributed by atoms with Gasteiger partial charge in [0.1, 0.15) is 18.2 Å². The Morgan fingerprint density at radius 2 is 2.00 bits per heavy atom. The van der Waals surface area contributed by atoms with E-state index >= 15 is 0 Å². The summed E-state index contributed by atoms with van der Waals surface area (Å²) in [7, 11) is 0. The van der Waals surface area contributed by atoms with Crippen molar-refractivity contribution in [3.63, 3.8) is 0 Å². The molecular weight excluding hydrogens is 232 g/mol. The Bertz CT molecular complexity index is 502. The SMILES string of the molecule is Nc1ccnc(Nc2ccc(OCCO)cc2)n1. The van der Waals surface area contributed by atoms with Crippen molar-refractivity contribution in [1.82, 2.24) is 9.97 Å². The Balaban J connectivity index is 2.02. The van der Waals surface area contributed by atoms with Crippen LogP contribution in [0.5, 0.6) is 5.75 Å². The predicted octanol–water partition coefficient (Wildman–Crippen LogP) is 1.17. The minimum absolute atomic E-state index is 0.00284. The molecule has 0 atom stereocenters. The number of benzene rings is 1. The normalized spacial score (nSPS) is 10.1. The van der Waals surface area contributed by atoms with Crippen LogP contribution in [0.25, 0.3) is 0 Å². The molecule has 6 nitrogen and oxygen atoms in total. The largest absolute Gasteiger partial charge is 0.491 e. The highest BCUT2D eigenvalue weighted by atomic mass is 16.5. The summed E-state index contributed by atoms with van der Waals surface area (Å²) >= 11 is 0. The molecule has 1 aromatic heterocycles. The molecule has 1 aromatic carbocycles. The minimum Gasteiger partial charge on any atom is -0.491 e. The predicted molar refractivity (Wildman–Crippen MR) is 68.7 cm³/mol. The molecule has 0 amide bonds. The second-order valence-corrected chi connectivity index (χ2v) is 3.53. The van der Waals surface area contributed by atoms with Gasteiger partial charge in [-0.3, -0.25) is 0 Å². The summed E-state index contributed by atoms with van der Waals surface area (Å²) in [4.78, 5) is 8.07. The number of hydrogen-bond acceptors (Lipinski definition) is 6. The fourth-order valence-corrected chi connectivity index (χ4v) is 1.36. The van der Waals surface area contributed by atoms with Gasteiger partial charge in [-0.2, -0.15) is 4.98 Å². The van der Waals surface area contributed by atoms with Gasteiger partial charge in [-0.05, 0) is 30.3 Å². The van der Waals surface area contributed by atoms with Crippen LogP contribution in [0.3, 0.4) is 0 Å². The Labute approximate surface area is 104 Å². The summed E-state index contributed by atoms with van der Waals surface area (Å²) in [6, 6.07) is 8.88. The smallest absolute Gasteiger partial charge is 0.229 e. The van der Waals surface area contributed by atoms with Gasteiger partial charge in [0.25, 0.3) is 0 Å². The molecule has 0 radical (unpaired) electrons. The van der Waals surface area contributed by atoms with Gasteiger partial charge in [0.15, 0.2) is 0 Å². The lowest BCUT2D eigenvalue weighted by atomic mass is 10.3. The number of nitrogens with zero attached hydrogens (tertiary/aromatic N) is 2. The van der Waals surface area contributed by atoms with Crippen molar-refractivity contribution in [2.75, 3.05) is 24.3 Å². The Hall–Kier alpha value is -2.34. The fourth-order valence-electron chi connectivity index (χ4n) is 1.36. The highest BCUT2D eigenvalue weighted by molar-refractivity contribution is 5.55. The number of aliphatic hydroxyl groups excluding tert-OH is 1. The zero-order valence-electron chi connectivity index (χ0n) is 9.71. The van der Waals surface area contributed by atoms with Gasteiger partial charge in [0, 0.05) is 11.9 Å².